The van der Waals surface area contributed by atoms with Crippen LogP contribution >= 0.6 is 0 Å². The third-order valence-corrected chi connectivity index (χ3v) is 11.3. The van der Waals surface area contributed by atoms with E-state index in [2.05, 4.69) is 10.1 Å². The second-order valence-electron chi connectivity index (χ2n) is 11.3. The number of ketones is 1. The fourth-order valence-electron chi connectivity index (χ4n) is 6.64. The first-order chi connectivity index (χ1) is 18.6. The monoisotopic (exact) mass is 543 g/mol. The molecule has 0 bridgehead atoms. The predicted octanol–water partition coefficient (Wildman–Crippen LogP) is 5.72. The number of hydrogen-bond acceptors (Lipinski definition) is 5. The van der Waals surface area contributed by atoms with Crippen molar-refractivity contribution >= 4 is 15.6 Å². The molecule has 8 heteroatoms. The summed E-state index contributed by atoms with van der Waals surface area (Å²) in [5.41, 5.74) is 3.06. The summed E-state index contributed by atoms with van der Waals surface area (Å²) in [5, 5.41) is 4.61. The zero-order valence-corrected chi connectivity index (χ0v) is 22.8. The highest BCUT2D eigenvalue weighted by Gasteiger charge is 2.59. The largest absolute Gasteiger partial charge is 0.292 e. The summed E-state index contributed by atoms with van der Waals surface area (Å²) < 4.78 is 42.4. The molecule has 200 valence electrons. The second kappa shape index (κ2) is 9.23. The number of carbonyl (C=O) groups is 1. The summed E-state index contributed by atoms with van der Waals surface area (Å²) in [6.45, 7) is 3.72. The Hall–Kier alpha value is -3.65. The second-order valence-corrected chi connectivity index (χ2v) is 13.7. The van der Waals surface area contributed by atoms with E-state index in [1.54, 1.807) is 61.8 Å². The molecule has 1 fully saturated rings. The van der Waals surface area contributed by atoms with Crippen LogP contribution in [0, 0.1) is 24.1 Å². The van der Waals surface area contributed by atoms with Crippen molar-refractivity contribution in [1.29, 1.82) is 0 Å². The fourth-order valence-corrected chi connectivity index (χ4v) is 8.54. The first kappa shape index (κ1) is 25.6. The number of rotatable bonds is 5. The van der Waals surface area contributed by atoms with Gasteiger partial charge in [-0.15, -0.1) is 0 Å². The Balaban J connectivity index is 1.45. The van der Waals surface area contributed by atoms with Crippen LogP contribution in [0.1, 0.15) is 53.5 Å². The smallest absolute Gasteiger partial charge is 0.187 e. The Morgan fingerprint density at radius 1 is 1.05 bits per heavy atom. The molecule has 0 saturated heterocycles. The lowest BCUT2D eigenvalue weighted by Crippen LogP contribution is -2.55. The lowest BCUT2D eigenvalue weighted by molar-refractivity contribution is 0.0408. The molecule has 0 aliphatic heterocycles. The third kappa shape index (κ3) is 4.13. The molecular formula is C31H30FN3O3S. The maximum absolute atomic E-state index is 14.3. The number of nitrogens with zero attached hydrogens (tertiary/aromatic N) is 3. The Labute approximate surface area is 227 Å². The van der Waals surface area contributed by atoms with Crippen LogP contribution in [-0.4, -0.2) is 33.7 Å². The van der Waals surface area contributed by atoms with E-state index >= 15 is 0 Å². The first-order valence-corrected chi connectivity index (χ1v) is 14.7. The van der Waals surface area contributed by atoms with Gasteiger partial charge in [0.2, 0.25) is 0 Å². The van der Waals surface area contributed by atoms with Crippen molar-refractivity contribution in [1.82, 2.24) is 14.8 Å². The maximum Gasteiger partial charge on any atom is 0.187 e. The van der Waals surface area contributed by atoms with E-state index in [1.807, 2.05) is 23.7 Å². The van der Waals surface area contributed by atoms with Gasteiger partial charge in [-0.1, -0.05) is 23.8 Å². The average Bonchev–Trinajstić information content (AvgIpc) is 3.34. The number of sulfone groups is 1. The van der Waals surface area contributed by atoms with E-state index in [0.717, 1.165) is 22.5 Å². The number of Topliss-reactive ketones (excluding diaryl/α,β-unsaturated/α-hetero) is 1. The average molecular weight is 544 g/mol. The van der Waals surface area contributed by atoms with E-state index in [-0.39, 0.29) is 28.8 Å². The number of carbonyl (C=O) groups excluding carboxylic acids is 1. The van der Waals surface area contributed by atoms with Crippen LogP contribution in [0.5, 0.6) is 0 Å². The standard InChI is InChI=1S/C31H30FN3O3S/c1-21-6-12-26(13-7-21)39(37,38)30(2)15-14-23-17-28-22(19-34-35(28)25-10-8-24(32)9-11-25)18-31(23,20-30)29(36)27-5-3-4-16-33-27/h3-13,16,19,23H,14-15,17-18,20H2,1-2H3/t23?,30-,31-/m0/s1. The minimum Gasteiger partial charge on any atom is -0.292 e. The molecule has 2 aromatic heterocycles. The quantitative estimate of drug-likeness (QED) is 0.301. The van der Waals surface area contributed by atoms with Gasteiger partial charge in [0.15, 0.2) is 15.6 Å². The van der Waals surface area contributed by atoms with Gasteiger partial charge in [0.25, 0.3) is 0 Å². The Morgan fingerprint density at radius 3 is 2.49 bits per heavy atom. The van der Waals surface area contributed by atoms with Crippen molar-refractivity contribution in [3.63, 3.8) is 0 Å². The van der Waals surface area contributed by atoms with Crippen LogP contribution in [-0.2, 0) is 22.7 Å². The SMILES string of the molecule is Cc1ccc(S(=O)(=O)[C@@]2(C)CCC3Cc4c(cnn4-c4ccc(F)cc4)C[C@]3(C(=O)c3ccccn3)C2)cc1. The number of aromatic nitrogens is 3. The molecule has 2 aliphatic carbocycles. The number of hydrogen-bond donors (Lipinski definition) is 0. The highest BCUT2D eigenvalue weighted by molar-refractivity contribution is 7.92. The van der Waals surface area contributed by atoms with Gasteiger partial charge in [-0.25, -0.2) is 17.5 Å². The lowest BCUT2D eigenvalue weighted by Gasteiger charge is -2.51. The Bertz CT molecular complexity index is 1650. The molecule has 0 amide bonds. The van der Waals surface area contributed by atoms with Gasteiger partial charge < -0.3 is 0 Å². The molecule has 0 spiro atoms. The molecule has 2 aromatic carbocycles. The van der Waals surface area contributed by atoms with Crippen molar-refractivity contribution < 1.29 is 17.6 Å². The number of fused-ring (bicyclic) bond motifs is 2. The van der Waals surface area contributed by atoms with Crippen LogP contribution in [0.15, 0.2) is 84.0 Å². The van der Waals surface area contributed by atoms with Gasteiger partial charge in [-0.05, 0) is 106 Å². The summed E-state index contributed by atoms with van der Waals surface area (Å²) >= 11 is 0. The summed E-state index contributed by atoms with van der Waals surface area (Å²) in [4.78, 5) is 19.0. The Kier molecular flexibility index (Phi) is 6.06. The molecule has 39 heavy (non-hydrogen) atoms. The van der Waals surface area contributed by atoms with Gasteiger partial charge in [-0.2, -0.15) is 5.10 Å². The molecule has 1 saturated carbocycles. The molecule has 2 heterocycles. The third-order valence-electron chi connectivity index (χ3n) is 8.79. The number of halogens is 1. The molecule has 6 rings (SSSR count). The fraction of sp³-hybridized carbons (Fsp3) is 0.323. The number of aryl methyl sites for hydroxylation is 1. The van der Waals surface area contributed by atoms with Crippen molar-refractivity contribution in [2.24, 2.45) is 11.3 Å². The van der Waals surface area contributed by atoms with Crippen LogP contribution in [0.4, 0.5) is 4.39 Å². The van der Waals surface area contributed by atoms with Gasteiger partial charge in [-0.3, -0.25) is 9.78 Å². The van der Waals surface area contributed by atoms with E-state index in [4.69, 9.17) is 0 Å². The van der Waals surface area contributed by atoms with Crippen LogP contribution in [0.25, 0.3) is 5.69 Å². The van der Waals surface area contributed by atoms with Crippen molar-refractivity contribution in [2.75, 3.05) is 0 Å². The first-order valence-electron chi connectivity index (χ1n) is 13.2. The van der Waals surface area contributed by atoms with Crippen molar-refractivity contribution in [2.45, 2.75) is 55.6 Å². The summed E-state index contributed by atoms with van der Waals surface area (Å²) in [6, 6.07) is 18.4. The van der Waals surface area contributed by atoms with E-state index in [1.165, 1.54) is 12.1 Å². The molecule has 0 radical (unpaired) electrons. The normalized spacial score (nSPS) is 24.5. The molecule has 1 unspecified atom stereocenters. The minimum absolute atomic E-state index is 0.0864. The molecule has 0 N–H and O–H groups in total. The van der Waals surface area contributed by atoms with Crippen molar-refractivity contribution in [3.8, 4) is 5.69 Å². The highest BCUT2D eigenvalue weighted by atomic mass is 32.2. The lowest BCUT2D eigenvalue weighted by atomic mass is 9.54. The van der Waals surface area contributed by atoms with Gasteiger partial charge in [0, 0.05) is 17.3 Å². The van der Waals surface area contributed by atoms with Crippen LogP contribution in [0.2, 0.25) is 0 Å². The molecule has 2 aliphatic rings. The topological polar surface area (TPSA) is 81.9 Å². The van der Waals surface area contributed by atoms with Crippen LogP contribution < -0.4 is 0 Å². The van der Waals surface area contributed by atoms with E-state index < -0.39 is 20.0 Å². The Morgan fingerprint density at radius 2 is 1.79 bits per heavy atom. The summed E-state index contributed by atoms with van der Waals surface area (Å²) in [5.74, 6) is -0.517. The summed E-state index contributed by atoms with van der Waals surface area (Å²) in [7, 11) is -3.73. The predicted molar refractivity (Wildman–Crippen MR) is 146 cm³/mol. The van der Waals surface area contributed by atoms with Gasteiger partial charge >= 0.3 is 0 Å². The van der Waals surface area contributed by atoms with Gasteiger partial charge in [0.1, 0.15) is 11.5 Å². The number of pyridine rings is 1. The van der Waals surface area contributed by atoms with Crippen molar-refractivity contribution in [3.05, 3.63) is 107 Å². The molecule has 6 nitrogen and oxygen atoms in total. The van der Waals surface area contributed by atoms with E-state index in [0.29, 0.717) is 31.4 Å². The highest BCUT2D eigenvalue weighted by Crippen LogP contribution is 2.56. The summed E-state index contributed by atoms with van der Waals surface area (Å²) in [6.07, 6.45) is 5.55. The number of benzene rings is 2. The van der Waals surface area contributed by atoms with E-state index in [9.17, 15) is 17.6 Å². The molecular weight excluding hydrogens is 513 g/mol. The zero-order valence-electron chi connectivity index (χ0n) is 22.0. The minimum atomic E-state index is -3.73. The zero-order chi connectivity index (χ0) is 27.4. The maximum atomic E-state index is 14.3. The van der Waals surface area contributed by atoms with Gasteiger partial charge in [0.05, 0.1) is 21.5 Å². The molecule has 4 aromatic rings. The van der Waals surface area contributed by atoms with Crippen LogP contribution in [0.3, 0.4) is 0 Å². The molecule has 3 atom stereocenters.